The number of aromatic amines is 1. The number of imidazole rings is 1. The number of hydrogen-bond acceptors (Lipinski definition) is 3. The summed E-state index contributed by atoms with van der Waals surface area (Å²) < 4.78 is 2.08. The van der Waals surface area contributed by atoms with Crippen molar-refractivity contribution in [3.8, 4) is 0 Å². The molecule has 0 fully saturated rings. The summed E-state index contributed by atoms with van der Waals surface area (Å²) in [7, 11) is 0. The van der Waals surface area contributed by atoms with Crippen LogP contribution < -0.4 is 5.32 Å². The Morgan fingerprint density at radius 2 is 2.11 bits per heavy atom. The Morgan fingerprint density at radius 3 is 2.84 bits per heavy atom. The predicted molar refractivity (Wildman–Crippen MR) is 74.4 cm³/mol. The van der Waals surface area contributed by atoms with Gasteiger partial charge in [-0.05, 0) is 19.1 Å². The summed E-state index contributed by atoms with van der Waals surface area (Å²) in [5.41, 5.74) is 3.14. The van der Waals surface area contributed by atoms with Crippen molar-refractivity contribution in [1.82, 2.24) is 19.7 Å². The lowest BCUT2D eigenvalue weighted by Crippen LogP contribution is -2.03. The van der Waals surface area contributed by atoms with E-state index in [2.05, 4.69) is 25.1 Å². The van der Waals surface area contributed by atoms with Crippen molar-refractivity contribution in [3.63, 3.8) is 0 Å². The Morgan fingerprint density at radius 1 is 1.26 bits per heavy atom. The highest BCUT2D eigenvalue weighted by Gasteiger charge is 2.07. The standard InChI is InChI=1S/C14H15N5/c1-11-9-19(10-12-7-15-16-8-12)14(17-11)18-13-5-3-2-4-6-13/h2-9H,10H2,1H3,(H,15,16)(H,17,18). The molecule has 5 nitrogen and oxygen atoms in total. The van der Waals surface area contributed by atoms with Crippen molar-refractivity contribution in [2.45, 2.75) is 13.5 Å². The molecule has 2 aromatic heterocycles. The van der Waals surface area contributed by atoms with Crippen LogP contribution in [-0.2, 0) is 6.54 Å². The largest absolute Gasteiger partial charge is 0.326 e. The number of H-pyrrole nitrogens is 1. The predicted octanol–water partition coefficient (Wildman–Crippen LogP) is 2.71. The highest BCUT2D eigenvalue weighted by atomic mass is 15.2. The van der Waals surface area contributed by atoms with Gasteiger partial charge < -0.3 is 9.88 Å². The minimum absolute atomic E-state index is 0.743. The van der Waals surface area contributed by atoms with Crippen molar-refractivity contribution in [3.05, 3.63) is 60.2 Å². The molecule has 96 valence electrons. The number of aryl methyl sites for hydroxylation is 1. The van der Waals surface area contributed by atoms with Gasteiger partial charge in [0.15, 0.2) is 0 Å². The number of benzene rings is 1. The van der Waals surface area contributed by atoms with Crippen LogP contribution in [0.2, 0.25) is 0 Å². The Bertz CT molecular complexity index is 640. The fraction of sp³-hybridized carbons (Fsp3) is 0.143. The van der Waals surface area contributed by atoms with Gasteiger partial charge in [0, 0.05) is 23.6 Å². The van der Waals surface area contributed by atoms with Gasteiger partial charge in [-0.3, -0.25) is 5.10 Å². The quantitative estimate of drug-likeness (QED) is 0.751. The molecule has 0 saturated carbocycles. The first kappa shape index (κ1) is 11.5. The summed E-state index contributed by atoms with van der Waals surface area (Å²) in [5, 5.41) is 10.1. The lowest BCUT2D eigenvalue weighted by molar-refractivity contribution is 0.808. The van der Waals surface area contributed by atoms with E-state index in [0.29, 0.717) is 0 Å². The summed E-state index contributed by atoms with van der Waals surface area (Å²) in [6, 6.07) is 10.0. The van der Waals surface area contributed by atoms with Crippen LogP contribution in [0.1, 0.15) is 11.3 Å². The first-order valence-corrected chi connectivity index (χ1v) is 6.15. The SMILES string of the molecule is Cc1cn(Cc2cn[nH]c2)c(Nc2ccccc2)n1. The van der Waals surface area contributed by atoms with Gasteiger partial charge in [0.1, 0.15) is 0 Å². The summed E-state index contributed by atoms with van der Waals surface area (Å²) in [6.07, 6.45) is 5.74. The topological polar surface area (TPSA) is 58.5 Å². The van der Waals surface area contributed by atoms with Gasteiger partial charge in [0.2, 0.25) is 5.95 Å². The molecule has 0 radical (unpaired) electrons. The maximum atomic E-state index is 4.51. The molecule has 3 aromatic rings. The van der Waals surface area contributed by atoms with Crippen molar-refractivity contribution in [2.24, 2.45) is 0 Å². The molecule has 0 amide bonds. The van der Waals surface area contributed by atoms with Gasteiger partial charge in [-0.25, -0.2) is 4.98 Å². The van der Waals surface area contributed by atoms with Crippen LogP contribution in [0.5, 0.6) is 0 Å². The van der Waals surface area contributed by atoms with Gasteiger partial charge in [-0.15, -0.1) is 0 Å². The molecule has 0 aliphatic rings. The second kappa shape index (κ2) is 4.97. The first-order chi connectivity index (χ1) is 9.31. The molecule has 5 heteroatoms. The van der Waals surface area contributed by atoms with Gasteiger partial charge in [0.05, 0.1) is 18.4 Å². The van der Waals surface area contributed by atoms with Gasteiger partial charge >= 0.3 is 0 Å². The van der Waals surface area contributed by atoms with Crippen molar-refractivity contribution < 1.29 is 0 Å². The highest BCUT2D eigenvalue weighted by Crippen LogP contribution is 2.17. The summed E-state index contributed by atoms with van der Waals surface area (Å²) in [4.78, 5) is 4.51. The van der Waals surface area contributed by atoms with E-state index in [-0.39, 0.29) is 0 Å². The zero-order chi connectivity index (χ0) is 13.1. The zero-order valence-corrected chi connectivity index (χ0v) is 10.7. The number of anilines is 2. The molecule has 1 aromatic carbocycles. The number of hydrogen-bond donors (Lipinski definition) is 2. The molecule has 19 heavy (non-hydrogen) atoms. The van der Waals surface area contributed by atoms with Crippen LogP contribution in [0, 0.1) is 6.92 Å². The molecule has 3 rings (SSSR count). The number of nitrogens with zero attached hydrogens (tertiary/aromatic N) is 3. The number of rotatable bonds is 4. The van der Waals surface area contributed by atoms with Crippen molar-refractivity contribution in [2.75, 3.05) is 5.32 Å². The van der Waals surface area contributed by atoms with Crippen LogP contribution in [0.3, 0.4) is 0 Å². The second-order valence-electron chi connectivity index (χ2n) is 4.43. The number of nitrogens with one attached hydrogen (secondary N) is 2. The number of aromatic nitrogens is 4. The van der Waals surface area contributed by atoms with E-state index in [1.54, 1.807) is 0 Å². The van der Waals surface area contributed by atoms with Crippen molar-refractivity contribution >= 4 is 11.6 Å². The molecule has 2 heterocycles. The van der Waals surface area contributed by atoms with E-state index >= 15 is 0 Å². The molecule has 0 bridgehead atoms. The van der Waals surface area contributed by atoms with Crippen LogP contribution in [-0.4, -0.2) is 19.7 Å². The van der Waals surface area contributed by atoms with E-state index in [0.717, 1.165) is 29.4 Å². The maximum absolute atomic E-state index is 4.51. The Balaban J connectivity index is 1.85. The fourth-order valence-electron chi connectivity index (χ4n) is 1.98. The third-order valence-corrected chi connectivity index (χ3v) is 2.83. The fourth-order valence-corrected chi connectivity index (χ4v) is 1.98. The Labute approximate surface area is 111 Å². The van der Waals surface area contributed by atoms with E-state index in [9.17, 15) is 0 Å². The van der Waals surface area contributed by atoms with Gasteiger partial charge in [0.25, 0.3) is 0 Å². The summed E-state index contributed by atoms with van der Waals surface area (Å²) in [5.74, 6) is 0.838. The first-order valence-electron chi connectivity index (χ1n) is 6.15. The second-order valence-corrected chi connectivity index (χ2v) is 4.43. The minimum Gasteiger partial charge on any atom is -0.326 e. The monoisotopic (exact) mass is 253 g/mol. The molecule has 0 atom stereocenters. The molecule has 2 N–H and O–H groups in total. The Kier molecular flexibility index (Phi) is 3.02. The number of para-hydroxylation sites is 1. The summed E-state index contributed by atoms with van der Waals surface area (Å²) >= 11 is 0. The highest BCUT2D eigenvalue weighted by molar-refractivity contribution is 5.53. The third kappa shape index (κ3) is 2.65. The van der Waals surface area contributed by atoms with E-state index in [4.69, 9.17) is 0 Å². The van der Waals surface area contributed by atoms with Crippen LogP contribution in [0.25, 0.3) is 0 Å². The molecular weight excluding hydrogens is 238 g/mol. The average molecular weight is 253 g/mol. The normalized spacial score (nSPS) is 10.6. The molecule has 0 spiro atoms. The van der Waals surface area contributed by atoms with E-state index in [1.165, 1.54) is 0 Å². The molecule has 0 aliphatic heterocycles. The lowest BCUT2D eigenvalue weighted by atomic mass is 10.3. The lowest BCUT2D eigenvalue weighted by Gasteiger charge is -2.08. The van der Waals surface area contributed by atoms with Crippen molar-refractivity contribution in [1.29, 1.82) is 0 Å². The minimum atomic E-state index is 0.743. The van der Waals surface area contributed by atoms with Crippen LogP contribution in [0.15, 0.2) is 48.9 Å². The average Bonchev–Trinajstić information content (AvgIpc) is 3.02. The molecule has 0 aliphatic carbocycles. The third-order valence-electron chi connectivity index (χ3n) is 2.83. The van der Waals surface area contributed by atoms with Crippen LogP contribution >= 0.6 is 0 Å². The maximum Gasteiger partial charge on any atom is 0.207 e. The van der Waals surface area contributed by atoms with E-state index < -0.39 is 0 Å². The molecule has 0 saturated heterocycles. The smallest absolute Gasteiger partial charge is 0.207 e. The molecule has 0 unspecified atom stereocenters. The van der Waals surface area contributed by atoms with Crippen LogP contribution in [0.4, 0.5) is 11.6 Å². The molecular formula is C14H15N5. The Hall–Kier alpha value is -2.56. The van der Waals surface area contributed by atoms with E-state index in [1.807, 2.05) is 55.8 Å². The summed E-state index contributed by atoms with van der Waals surface area (Å²) in [6.45, 7) is 2.73. The van der Waals surface area contributed by atoms with Gasteiger partial charge in [-0.2, -0.15) is 5.10 Å². The zero-order valence-electron chi connectivity index (χ0n) is 10.7. The van der Waals surface area contributed by atoms with Gasteiger partial charge in [-0.1, -0.05) is 18.2 Å².